The molecular weight excluding hydrogens is 484 g/mol. The van der Waals surface area contributed by atoms with E-state index in [1.54, 1.807) is 7.05 Å². The summed E-state index contributed by atoms with van der Waals surface area (Å²) in [5.74, 6) is 0.376. The van der Waals surface area contributed by atoms with Crippen LogP contribution >= 0.6 is 24.0 Å². The molecule has 0 aromatic carbocycles. The maximum atomic E-state index is 12.7. The quantitative estimate of drug-likeness (QED) is 0.280. The van der Waals surface area contributed by atoms with Crippen molar-refractivity contribution in [1.29, 1.82) is 0 Å². The van der Waals surface area contributed by atoms with Gasteiger partial charge in [0.1, 0.15) is 5.82 Å². The first kappa shape index (κ1) is 22.7. The van der Waals surface area contributed by atoms with Gasteiger partial charge in [-0.2, -0.15) is 13.2 Å². The van der Waals surface area contributed by atoms with Crippen LogP contribution in [0.15, 0.2) is 29.4 Å². The molecule has 1 aliphatic rings. The minimum absolute atomic E-state index is 0. The summed E-state index contributed by atoms with van der Waals surface area (Å²) in [6, 6.07) is 5.81. The summed E-state index contributed by atoms with van der Waals surface area (Å²) in [7, 11) is 1.67. The Bertz CT molecular complexity index is 768. The van der Waals surface area contributed by atoms with E-state index in [0.29, 0.717) is 25.3 Å². The first-order valence-electron chi connectivity index (χ1n) is 9.30. The molecular formula is C18H26F3IN6. The number of nitrogens with one attached hydrogen (secondary N) is 2. The van der Waals surface area contributed by atoms with Crippen molar-refractivity contribution >= 4 is 35.6 Å². The van der Waals surface area contributed by atoms with E-state index in [1.165, 1.54) is 0 Å². The highest BCUT2D eigenvalue weighted by molar-refractivity contribution is 14.0. The molecule has 28 heavy (non-hydrogen) atoms. The summed E-state index contributed by atoms with van der Waals surface area (Å²) in [6.07, 6.45) is 0.860. The van der Waals surface area contributed by atoms with E-state index in [2.05, 4.69) is 25.8 Å². The van der Waals surface area contributed by atoms with Crippen LogP contribution in [0.25, 0.3) is 5.65 Å². The highest BCUT2D eigenvalue weighted by Gasteiger charge is 2.41. The van der Waals surface area contributed by atoms with Crippen LogP contribution in [0.1, 0.15) is 37.9 Å². The Morgan fingerprint density at radius 1 is 1.21 bits per heavy atom. The average molecular weight is 510 g/mol. The van der Waals surface area contributed by atoms with E-state index >= 15 is 0 Å². The third kappa shape index (κ3) is 5.95. The molecule has 1 saturated carbocycles. The lowest BCUT2D eigenvalue weighted by Crippen LogP contribution is -2.46. The van der Waals surface area contributed by atoms with Gasteiger partial charge in [0.25, 0.3) is 0 Å². The zero-order valence-corrected chi connectivity index (χ0v) is 18.1. The number of pyridine rings is 1. The number of nitrogens with zero attached hydrogens (tertiary/aromatic N) is 4. The molecule has 0 bridgehead atoms. The van der Waals surface area contributed by atoms with Gasteiger partial charge in [0.15, 0.2) is 11.6 Å². The van der Waals surface area contributed by atoms with Gasteiger partial charge in [0.2, 0.25) is 0 Å². The van der Waals surface area contributed by atoms with Crippen LogP contribution in [0.4, 0.5) is 13.2 Å². The smallest absolute Gasteiger partial charge is 0.356 e. The Labute approximate surface area is 179 Å². The van der Waals surface area contributed by atoms with Gasteiger partial charge in [-0.05, 0) is 44.2 Å². The molecule has 0 saturated heterocycles. The Morgan fingerprint density at radius 2 is 1.96 bits per heavy atom. The molecule has 2 aromatic heterocycles. The Morgan fingerprint density at radius 3 is 2.64 bits per heavy atom. The van der Waals surface area contributed by atoms with Crippen molar-refractivity contribution in [3.05, 3.63) is 30.2 Å². The number of hydrogen-bond donors (Lipinski definition) is 2. The first-order chi connectivity index (χ1) is 13.0. The molecule has 0 amide bonds. The maximum absolute atomic E-state index is 12.7. The number of aryl methyl sites for hydroxylation is 1. The van der Waals surface area contributed by atoms with Gasteiger partial charge in [0.05, 0.1) is 5.92 Å². The van der Waals surface area contributed by atoms with Gasteiger partial charge in [-0.3, -0.25) is 9.39 Å². The third-order valence-electron chi connectivity index (χ3n) is 5.01. The highest BCUT2D eigenvalue weighted by atomic mass is 127. The molecule has 2 heterocycles. The molecule has 0 atom stereocenters. The van der Waals surface area contributed by atoms with Crippen LogP contribution in [0, 0.1) is 5.92 Å². The molecule has 2 N–H and O–H groups in total. The predicted octanol–water partition coefficient (Wildman–Crippen LogP) is 3.57. The Balaban J connectivity index is 0.00000280. The fourth-order valence-electron chi connectivity index (χ4n) is 3.47. The lowest BCUT2D eigenvalue weighted by Gasteiger charge is -2.31. The molecule has 0 spiro atoms. The summed E-state index contributed by atoms with van der Waals surface area (Å²) < 4.78 is 40.2. The fraction of sp³-hybridized carbons (Fsp3) is 0.611. The number of aliphatic imine (C=N–C) groups is 1. The largest absolute Gasteiger partial charge is 0.391 e. The van der Waals surface area contributed by atoms with Crippen molar-refractivity contribution in [2.24, 2.45) is 10.9 Å². The molecule has 6 nitrogen and oxygen atoms in total. The molecule has 0 radical (unpaired) electrons. The van der Waals surface area contributed by atoms with Gasteiger partial charge in [0, 0.05) is 32.3 Å². The van der Waals surface area contributed by atoms with Gasteiger partial charge in [-0.1, -0.05) is 6.07 Å². The van der Waals surface area contributed by atoms with Gasteiger partial charge < -0.3 is 10.6 Å². The number of guanidine groups is 1. The second kappa shape index (κ2) is 10.3. The summed E-state index contributed by atoms with van der Waals surface area (Å²) in [5.41, 5.74) is 0.826. The Hall–Kier alpha value is -1.59. The monoisotopic (exact) mass is 510 g/mol. The van der Waals surface area contributed by atoms with E-state index in [9.17, 15) is 13.2 Å². The summed E-state index contributed by atoms with van der Waals surface area (Å²) in [5, 5.41) is 14.8. The summed E-state index contributed by atoms with van der Waals surface area (Å²) in [6.45, 7) is 0.694. The van der Waals surface area contributed by atoms with E-state index < -0.39 is 12.1 Å². The summed E-state index contributed by atoms with van der Waals surface area (Å²) >= 11 is 0. The maximum Gasteiger partial charge on any atom is 0.391 e. The first-order valence-corrected chi connectivity index (χ1v) is 9.30. The molecule has 1 aliphatic carbocycles. The SMILES string of the molecule is CN=C(NCCCc1nnc2ccccn12)NC1CCC(C(F)(F)F)CC1.I. The van der Waals surface area contributed by atoms with Crippen molar-refractivity contribution in [1.82, 2.24) is 25.2 Å². The highest BCUT2D eigenvalue weighted by Crippen LogP contribution is 2.37. The second-order valence-electron chi connectivity index (χ2n) is 6.88. The molecule has 3 rings (SSSR count). The van der Waals surface area contributed by atoms with E-state index in [4.69, 9.17) is 0 Å². The van der Waals surface area contributed by atoms with E-state index in [1.807, 2.05) is 28.8 Å². The standard InChI is InChI=1S/C18H25F3N6.HI/c1-22-17(24-14-9-7-13(8-10-14)18(19,20)21)23-11-4-6-16-26-25-15-5-2-3-12-27(15)16;/h2-3,5,12-14H,4,6-11H2,1H3,(H2,22,23,24);1H. The van der Waals surface area contributed by atoms with Crippen LogP contribution in [0.3, 0.4) is 0 Å². The fourth-order valence-corrected chi connectivity index (χ4v) is 3.47. The lowest BCUT2D eigenvalue weighted by molar-refractivity contribution is -0.182. The molecule has 1 fully saturated rings. The van der Waals surface area contributed by atoms with Crippen molar-refractivity contribution in [2.75, 3.05) is 13.6 Å². The molecule has 2 aromatic rings. The van der Waals surface area contributed by atoms with Crippen molar-refractivity contribution in [2.45, 2.75) is 50.7 Å². The molecule has 10 heteroatoms. The topological polar surface area (TPSA) is 66.6 Å². The predicted molar refractivity (Wildman–Crippen MR) is 113 cm³/mol. The number of aromatic nitrogens is 3. The molecule has 0 unspecified atom stereocenters. The molecule has 0 aliphatic heterocycles. The van der Waals surface area contributed by atoms with Crippen LogP contribution in [-0.4, -0.2) is 46.4 Å². The van der Waals surface area contributed by atoms with Crippen molar-refractivity contribution in [3.8, 4) is 0 Å². The average Bonchev–Trinajstić information content (AvgIpc) is 3.07. The van der Waals surface area contributed by atoms with Gasteiger partial charge in [-0.15, -0.1) is 34.2 Å². The van der Waals surface area contributed by atoms with Gasteiger partial charge >= 0.3 is 6.18 Å². The van der Waals surface area contributed by atoms with Crippen LogP contribution < -0.4 is 10.6 Å². The molecule has 156 valence electrons. The zero-order valence-electron chi connectivity index (χ0n) is 15.7. The normalized spacial score (nSPS) is 20.6. The lowest BCUT2D eigenvalue weighted by atomic mass is 9.85. The van der Waals surface area contributed by atoms with Crippen LogP contribution in [-0.2, 0) is 6.42 Å². The summed E-state index contributed by atoms with van der Waals surface area (Å²) in [4.78, 5) is 4.17. The zero-order chi connectivity index (χ0) is 19.3. The van der Waals surface area contributed by atoms with Crippen molar-refractivity contribution < 1.29 is 13.2 Å². The van der Waals surface area contributed by atoms with E-state index in [-0.39, 0.29) is 42.9 Å². The number of halogens is 4. The van der Waals surface area contributed by atoms with Crippen LogP contribution in [0.5, 0.6) is 0 Å². The van der Waals surface area contributed by atoms with E-state index in [0.717, 1.165) is 24.3 Å². The van der Waals surface area contributed by atoms with Crippen molar-refractivity contribution in [3.63, 3.8) is 0 Å². The van der Waals surface area contributed by atoms with Crippen LogP contribution in [0.2, 0.25) is 0 Å². The number of fused-ring (bicyclic) bond motifs is 1. The minimum atomic E-state index is -4.07. The van der Waals surface area contributed by atoms with Gasteiger partial charge in [-0.25, -0.2) is 0 Å². The Kier molecular flexibility index (Phi) is 8.32. The third-order valence-corrected chi connectivity index (χ3v) is 5.01. The number of alkyl halides is 3. The second-order valence-corrected chi connectivity index (χ2v) is 6.88. The minimum Gasteiger partial charge on any atom is -0.356 e. The number of hydrogen-bond acceptors (Lipinski definition) is 3. The number of rotatable bonds is 5.